The molecule has 22 heavy (non-hydrogen) atoms. The average molecular weight is 378 g/mol. The van der Waals surface area contributed by atoms with Gasteiger partial charge in [0.25, 0.3) is 0 Å². The number of nitrogens with zero attached hydrogens (tertiary/aromatic N) is 2. The second kappa shape index (κ2) is 5.86. The van der Waals surface area contributed by atoms with Crippen LogP contribution in [-0.4, -0.2) is 44.0 Å². The first-order valence-corrected chi connectivity index (χ1v) is 8.69. The van der Waals surface area contributed by atoms with E-state index in [4.69, 9.17) is 28.9 Å². The van der Waals surface area contributed by atoms with E-state index >= 15 is 0 Å². The Hall–Kier alpha value is -1.06. The molecule has 0 radical (unpaired) electrons. The largest absolute Gasteiger partial charge is 0.477 e. The van der Waals surface area contributed by atoms with Gasteiger partial charge in [-0.3, -0.25) is 9.69 Å². The van der Waals surface area contributed by atoms with Crippen LogP contribution in [-0.2, 0) is 9.59 Å². The maximum absolute atomic E-state index is 11.8. The lowest BCUT2D eigenvalue weighted by Crippen LogP contribution is -2.68. The Kier molecular flexibility index (Phi) is 4.21. The number of hydrogen-bond donors (Lipinski definition) is 2. The number of fused-ring (bicyclic) bond motifs is 1. The number of halogens is 2. The summed E-state index contributed by atoms with van der Waals surface area (Å²) < 4.78 is 0.305. The first-order valence-electron chi connectivity index (χ1n) is 6.06. The summed E-state index contributed by atoms with van der Waals surface area (Å²) in [6, 6.07) is -0.639. The number of rotatable bonds is 3. The molecule has 2 atom stereocenters. The Bertz CT molecular complexity index is 731. The van der Waals surface area contributed by atoms with Crippen LogP contribution >= 0.6 is 46.3 Å². The summed E-state index contributed by atoms with van der Waals surface area (Å²) in [5.41, 5.74) is 6.18. The molecule has 1 aromatic heterocycles. The molecule has 116 valence electrons. The van der Waals surface area contributed by atoms with Gasteiger partial charge in [-0.05, 0) is 11.6 Å². The fraction of sp³-hybridized carbons (Fsp3) is 0.250. The van der Waals surface area contributed by atoms with Crippen molar-refractivity contribution in [3.05, 3.63) is 31.8 Å². The number of aromatic nitrogens is 1. The second-order valence-corrected chi connectivity index (χ2v) is 7.65. The zero-order valence-electron chi connectivity index (χ0n) is 10.8. The van der Waals surface area contributed by atoms with Crippen LogP contribution in [0.2, 0.25) is 9.62 Å². The topological polar surface area (TPSA) is 96.5 Å². The van der Waals surface area contributed by atoms with Crippen molar-refractivity contribution in [1.82, 2.24) is 9.88 Å². The lowest BCUT2D eigenvalue weighted by molar-refractivity contribution is -0.147. The van der Waals surface area contributed by atoms with Crippen molar-refractivity contribution in [3.63, 3.8) is 0 Å². The van der Waals surface area contributed by atoms with E-state index in [1.54, 1.807) is 12.2 Å². The number of nitrogens with two attached hydrogens (primary N) is 1. The van der Waals surface area contributed by atoms with Crippen molar-refractivity contribution < 1.29 is 14.7 Å². The van der Waals surface area contributed by atoms with Gasteiger partial charge in [-0.2, -0.15) is 0 Å². The van der Waals surface area contributed by atoms with Gasteiger partial charge in [0, 0.05) is 5.75 Å². The van der Waals surface area contributed by atoms with Crippen molar-refractivity contribution in [1.29, 1.82) is 0 Å². The summed E-state index contributed by atoms with van der Waals surface area (Å²) in [6.45, 7) is 0. The highest BCUT2D eigenvalue weighted by Gasteiger charge is 2.51. The zero-order valence-corrected chi connectivity index (χ0v) is 14.0. The van der Waals surface area contributed by atoms with Crippen LogP contribution in [0.1, 0.15) is 4.88 Å². The van der Waals surface area contributed by atoms with E-state index in [1.807, 2.05) is 0 Å². The van der Waals surface area contributed by atoms with Crippen molar-refractivity contribution in [3.8, 4) is 0 Å². The van der Waals surface area contributed by atoms with Crippen LogP contribution in [0, 0.1) is 0 Å². The molecular formula is C12H9Cl2N3O3S2. The minimum absolute atomic E-state index is 0.0292. The van der Waals surface area contributed by atoms with E-state index in [1.165, 1.54) is 28.0 Å². The van der Waals surface area contributed by atoms with Gasteiger partial charge in [0.15, 0.2) is 4.47 Å². The molecule has 0 aliphatic carbocycles. The molecule has 0 saturated carbocycles. The molecule has 3 heterocycles. The third-order valence-electron chi connectivity index (χ3n) is 3.26. The van der Waals surface area contributed by atoms with Gasteiger partial charge in [0.1, 0.15) is 22.3 Å². The summed E-state index contributed by atoms with van der Waals surface area (Å²) >= 11 is 14.3. The third kappa shape index (κ3) is 2.55. The maximum Gasteiger partial charge on any atom is 0.352 e. The normalized spacial score (nSPS) is 24.7. The quantitative estimate of drug-likeness (QED) is 0.782. The predicted octanol–water partition coefficient (Wildman–Crippen LogP) is 2.04. The number of carboxylic acids is 1. The van der Waals surface area contributed by atoms with E-state index < -0.39 is 12.0 Å². The fourth-order valence-corrected chi connectivity index (χ4v) is 4.77. The fourth-order valence-electron chi connectivity index (χ4n) is 2.23. The number of thiazole rings is 1. The van der Waals surface area contributed by atoms with E-state index in [2.05, 4.69) is 4.98 Å². The first kappa shape index (κ1) is 15.8. The van der Waals surface area contributed by atoms with Crippen LogP contribution in [0.5, 0.6) is 0 Å². The Morgan fingerprint density at radius 3 is 2.77 bits per heavy atom. The number of allylic oxidation sites excluding steroid dienone is 1. The molecule has 3 rings (SSSR count). The molecule has 1 amide bonds. The monoisotopic (exact) mass is 377 g/mol. The highest BCUT2D eigenvalue weighted by molar-refractivity contribution is 8.00. The molecule has 0 aromatic carbocycles. The van der Waals surface area contributed by atoms with Crippen LogP contribution < -0.4 is 5.73 Å². The van der Waals surface area contributed by atoms with Crippen molar-refractivity contribution >= 4 is 64.3 Å². The Morgan fingerprint density at radius 2 is 2.18 bits per heavy atom. The van der Waals surface area contributed by atoms with Crippen molar-refractivity contribution in [2.45, 2.75) is 11.4 Å². The summed E-state index contributed by atoms with van der Waals surface area (Å²) in [5.74, 6) is -1.08. The number of carbonyl (C=O) groups is 2. The molecule has 3 N–H and O–H groups in total. The summed E-state index contributed by atoms with van der Waals surface area (Å²) in [4.78, 5) is 29.0. The van der Waals surface area contributed by atoms with Gasteiger partial charge in [0.2, 0.25) is 5.91 Å². The Balaban J connectivity index is 1.95. The molecule has 6 nitrogen and oxygen atoms in total. The smallest absolute Gasteiger partial charge is 0.352 e. The van der Waals surface area contributed by atoms with Crippen LogP contribution in [0.25, 0.3) is 6.08 Å². The third-order valence-corrected chi connectivity index (χ3v) is 6.11. The molecule has 1 unspecified atom stereocenters. The molecule has 1 aromatic rings. The minimum Gasteiger partial charge on any atom is -0.477 e. The van der Waals surface area contributed by atoms with Crippen LogP contribution in [0.15, 0.2) is 17.3 Å². The van der Waals surface area contributed by atoms with Gasteiger partial charge in [0.05, 0.1) is 4.88 Å². The molecule has 0 spiro atoms. The number of thioether (sulfide) groups is 1. The van der Waals surface area contributed by atoms with Gasteiger partial charge in [-0.25, -0.2) is 9.78 Å². The SMILES string of the molecule is NC1C(=O)N2C(C(=O)O)=C(C=Cc3sc(Cl)nc3Cl)CS[C@@H]12. The van der Waals surface area contributed by atoms with Gasteiger partial charge >= 0.3 is 5.97 Å². The van der Waals surface area contributed by atoms with E-state index in [0.717, 1.165) is 0 Å². The molecule has 2 aliphatic rings. The Labute approximate surface area is 143 Å². The van der Waals surface area contributed by atoms with Gasteiger partial charge in [-0.15, -0.1) is 23.1 Å². The van der Waals surface area contributed by atoms with Gasteiger partial charge in [-0.1, -0.05) is 29.3 Å². The Morgan fingerprint density at radius 1 is 1.45 bits per heavy atom. The molecule has 10 heteroatoms. The lowest BCUT2D eigenvalue weighted by Gasteiger charge is -2.47. The molecule has 1 fully saturated rings. The number of hydrogen-bond acceptors (Lipinski definition) is 6. The number of carboxylic acid groups (broad SMARTS) is 1. The van der Waals surface area contributed by atoms with E-state index in [-0.39, 0.29) is 22.1 Å². The zero-order chi connectivity index (χ0) is 16.0. The standard InChI is InChI=1S/C12H9Cl2N3O3S2/c13-8-5(22-12(14)16-8)2-1-4-3-21-10-6(15)9(18)17(10)7(4)11(19)20/h1-2,6,10H,3,15H2,(H,19,20)/t6?,10-/m0/s1. The number of amides is 1. The van der Waals surface area contributed by atoms with Crippen molar-refractivity contribution in [2.75, 3.05) is 5.75 Å². The molecule has 0 bridgehead atoms. The van der Waals surface area contributed by atoms with Crippen LogP contribution in [0.4, 0.5) is 0 Å². The number of β-lactam (4-membered cyclic amide) rings is 1. The highest BCUT2D eigenvalue weighted by Crippen LogP contribution is 2.40. The number of carbonyl (C=O) groups excluding carboxylic acids is 1. The summed E-state index contributed by atoms with van der Waals surface area (Å²) in [6.07, 6.45) is 3.27. The number of aliphatic carboxylic acids is 1. The molecule has 2 aliphatic heterocycles. The van der Waals surface area contributed by atoms with E-state index in [0.29, 0.717) is 20.7 Å². The average Bonchev–Trinajstić information content (AvgIpc) is 2.80. The minimum atomic E-state index is -1.15. The summed E-state index contributed by atoms with van der Waals surface area (Å²) in [7, 11) is 0. The summed E-state index contributed by atoms with van der Waals surface area (Å²) in [5, 5.41) is 9.35. The molecular weight excluding hydrogens is 369 g/mol. The van der Waals surface area contributed by atoms with E-state index in [9.17, 15) is 14.7 Å². The second-order valence-electron chi connectivity index (χ2n) is 4.57. The highest BCUT2D eigenvalue weighted by atomic mass is 35.5. The van der Waals surface area contributed by atoms with Crippen LogP contribution in [0.3, 0.4) is 0 Å². The van der Waals surface area contributed by atoms with Gasteiger partial charge < -0.3 is 10.8 Å². The lowest BCUT2D eigenvalue weighted by atomic mass is 10.0. The predicted molar refractivity (Wildman–Crippen MR) is 86.9 cm³/mol. The first-order chi connectivity index (χ1) is 10.4. The maximum atomic E-state index is 11.8. The van der Waals surface area contributed by atoms with Crippen molar-refractivity contribution in [2.24, 2.45) is 5.73 Å². The molecule has 1 saturated heterocycles.